The quantitative estimate of drug-likeness (QED) is 0.493. The van der Waals surface area contributed by atoms with Crippen LogP contribution in [0, 0.1) is 6.66 Å². The Balaban J connectivity index is 2.75. The van der Waals surface area contributed by atoms with Crippen LogP contribution in [0.5, 0.6) is 0 Å². The molecule has 0 aliphatic carbocycles. The predicted octanol–water partition coefficient (Wildman–Crippen LogP) is 0.159. The van der Waals surface area contributed by atoms with Gasteiger partial charge in [0.25, 0.3) is 0 Å². The minimum absolute atomic E-state index is 0.0336. The summed E-state index contributed by atoms with van der Waals surface area (Å²) in [6, 6.07) is 0. The Labute approximate surface area is 38.6 Å². The van der Waals surface area contributed by atoms with Gasteiger partial charge in [-0.25, -0.2) is 0 Å². The summed E-state index contributed by atoms with van der Waals surface area (Å²) in [6.07, 6.45) is 0.0671. The van der Waals surface area contributed by atoms with E-state index in [2.05, 4.69) is 6.66 Å². The molecule has 0 saturated carbocycles. The molecule has 0 atom stereocenters. The molecule has 6 heavy (non-hydrogen) atoms. The van der Waals surface area contributed by atoms with Crippen molar-refractivity contribution in [2.45, 2.75) is 0 Å². The fourth-order valence-electron chi connectivity index (χ4n) is 0.0447. The molecule has 0 spiro atoms. The van der Waals surface area contributed by atoms with E-state index >= 15 is 0 Å². The second-order valence-corrected chi connectivity index (χ2v) is 2.86. The molecule has 0 heterocycles. The number of aliphatic hydroxyl groups excluding tert-OH is 2. The van der Waals surface area contributed by atoms with Gasteiger partial charge < -0.3 is 10.2 Å². The number of hydrogen-bond acceptors (Lipinski definition) is 2. The maximum absolute atomic E-state index is 8.14. The van der Waals surface area contributed by atoms with Gasteiger partial charge in [0, 0.05) is 0 Å². The molecule has 0 saturated heterocycles. The third-order valence-electron chi connectivity index (χ3n) is 0.400. The van der Waals surface area contributed by atoms with Gasteiger partial charge in [-0.3, -0.25) is 0 Å². The van der Waals surface area contributed by atoms with E-state index in [1.54, 1.807) is 0 Å². The second-order valence-electron chi connectivity index (χ2n) is 0.954. The third kappa shape index (κ3) is 2.58. The van der Waals surface area contributed by atoms with Crippen molar-refractivity contribution >= 4 is 7.92 Å². The van der Waals surface area contributed by atoms with Crippen molar-refractivity contribution < 1.29 is 10.2 Å². The maximum atomic E-state index is 8.14. The lowest BCUT2D eigenvalue weighted by molar-refractivity contribution is 0.345. The molecule has 0 rings (SSSR count). The Bertz CT molecular complexity index is 28.0. The summed E-state index contributed by atoms with van der Waals surface area (Å²) in [7, 11) is -0.715. The zero-order valence-corrected chi connectivity index (χ0v) is 4.36. The van der Waals surface area contributed by atoms with Crippen LogP contribution in [-0.2, 0) is 0 Å². The van der Waals surface area contributed by atoms with E-state index < -0.39 is 7.92 Å². The molecule has 0 amide bonds. The molecule has 0 unspecified atom stereocenters. The van der Waals surface area contributed by atoms with Crippen LogP contribution in [0.25, 0.3) is 0 Å². The van der Waals surface area contributed by atoms with Crippen molar-refractivity contribution in [1.82, 2.24) is 0 Å². The first-order valence-corrected chi connectivity index (χ1v) is 3.48. The van der Waals surface area contributed by atoms with Crippen molar-refractivity contribution in [3.63, 3.8) is 0 Å². The molecule has 2 N–H and O–H groups in total. The highest BCUT2D eigenvalue weighted by atomic mass is 31.1. The lowest BCUT2D eigenvalue weighted by Gasteiger charge is -1.98. The van der Waals surface area contributed by atoms with E-state index in [0.717, 1.165) is 0 Å². The fraction of sp³-hybridized carbons (Fsp3) is 0.667. The van der Waals surface area contributed by atoms with Gasteiger partial charge in [-0.1, -0.05) is 7.92 Å². The summed E-state index contributed by atoms with van der Waals surface area (Å²) in [6.45, 7) is 3.44. The van der Waals surface area contributed by atoms with E-state index in [0.29, 0.717) is 0 Å². The van der Waals surface area contributed by atoms with Gasteiger partial charge in [0.15, 0.2) is 0 Å². The standard InChI is InChI=1S/C3H8O2P/c1-6(2-4)3-5/h4-5H,1-3H2. The molecule has 0 aromatic heterocycles. The monoisotopic (exact) mass is 107 g/mol. The molecule has 0 bridgehead atoms. The average molecular weight is 107 g/mol. The molecular formula is C3H8O2P. The fourth-order valence-corrected chi connectivity index (χ4v) is 0.134. The highest BCUT2D eigenvalue weighted by Crippen LogP contribution is 2.28. The van der Waals surface area contributed by atoms with Crippen molar-refractivity contribution in [2.75, 3.05) is 12.7 Å². The first-order valence-electron chi connectivity index (χ1n) is 1.58. The molecule has 0 aliphatic heterocycles. The van der Waals surface area contributed by atoms with E-state index in [-0.39, 0.29) is 12.7 Å². The van der Waals surface area contributed by atoms with Crippen molar-refractivity contribution in [3.8, 4) is 0 Å². The van der Waals surface area contributed by atoms with Crippen LogP contribution < -0.4 is 0 Å². The Morgan fingerprint density at radius 1 is 1.33 bits per heavy atom. The van der Waals surface area contributed by atoms with Gasteiger partial charge in [0.1, 0.15) is 0 Å². The van der Waals surface area contributed by atoms with Gasteiger partial charge in [0.2, 0.25) is 0 Å². The first kappa shape index (κ1) is 6.35. The summed E-state index contributed by atoms with van der Waals surface area (Å²) >= 11 is 0. The van der Waals surface area contributed by atoms with E-state index in [1.807, 2.05) is 0 Å². The molecule has 3 heteroatoms. The highest BCUT2D eigenvalue weighted by molar-refractivity contribution is 7.58. The molecule has 0 aromatic rings. The van der Waals surface area contributed by atoms with Crippen LogP contribution in [0.4, 0.5) is 0 Å². The molecule has 2 nitrogen and oxygen atoms in total. The molecular weight excluding hydrogens is 99.0 g/mol. The molecule has 0 aliphatic rings. The van der Waals surface area contributed by atoms with Gasteiger partial charge in [-0.2, -0.15) is 0 Å². The van der Waals surface area contributed by atoms with Crippen molar-refractivity contribution in [3.05, 3.63) is 6.66 Å². The zero-order valence-electron chi connectivity index (χ0n) is 3.46. The number of aliphatic hydroxyl groups is 2. The molecule has 37 valence electrons. The van der Waals surface area contributed by atoms with Gasteiger partial charge >= 0.3 is 0 Å². The normalized spacial score (nSPS) is 10.0. The average Bonchev–Trinajstić information content (AvgIpc) is 1.65. The van der Waals surface area contributed by atoms with Crippen LogP contribution in [0.1, 0.15) is 0 Å². The second kappa shape index (κ2) is 3.54. The Hall–Kier alpha value is 0.350. The summed E-state index contributed by atoms with van der Waals surface area (Å²) in [5.41, 5.74) is 0. The topological polar surface area (TPSA) is 40.5 Å². The van der Waals surface area contributed by atoms with Crippen LogP contribution in [0.3, 0.4) is 0 Å². The van der Waals surface area contributed by atoms with Gasteiger partial charge in [-0.15, -0.1) is 0 Å². The Morgan fingerprint density at radius 2 is 1.67 bits per heavy atom. The van der Waals surface area contributed by atoms with E-state index in [1.165, 1.54) is 0 Å². The Kier molecular flexibility index (Phi) is 3.74. The molecule has 0 fully saturated rings. The highest BCUT2D eigenvalue weighted by Gasteiger charge is 1.90. The zero-order chi connectivity index (χ0) is 4.99. The SMILES string of the molecule is [CH2]P(CO)CO. The van der Waals surface area contributed by atoms with Crippen LogP contribution in [0.15, 0.2) is 0 Å². The summed E-state index contributed by atoms with van der Waals surface area (Å²) < 4.78 is 0. The minimum Gasteiger partial charge on any atom is -0.392 e. The van der Waals surface area contributed by atoms with E-state index in [4.69, 9.17) is 10.2 Å². The van der Waals surface area contributed by atoms with Crippen molar-refractivity contribution in [2.24, 2.45) is 0 Å². The lowest BCUT2D eigenvalue weighted by Crippen LogP contribution is -1.80. The largest absolute Gasteiger partial charge is 0.392 e. The Morgan fingerprint density at radius 3 is 1.67 bits per heavy atom. The van der Waals surface area contributed by atoms with E-state index in [9.17, 15) is 0 Å². The van der Waals surface area contributed by atoms with Gasteiger partial charge in [0.05, 0.1) is 12.7 Å². The van der Waals surface area contributed by atoms with Crippen LogP contribution >= 0.6 is 7.92 Å². The summed E-state index contributed by atoms with van der Waals surface area (Å²) in [4.78, 5) is 0. The third-order valence-corrected chi connectivity index (χ3v) is 1.20. The van der Waals surface area contributed by atoms with Gasteiger partial charge in [-0.05, 0) is 6.66 Å². The summed E-state index contributed by atoms with van der Waals surface area (Å²) in [5.74, 6) is 0. The van der Waals surface area contributed by atoms with Crippen molar-refractivity contribution in [1.29, 1.82) is 0 Å². The predicted molar refractivity (Wildman–Crippen MR) is 26.4 cm³/mol. The smallest absolute Gasteiger partial charge is 0.0646 e. The van der Waals surface area contributed by atoms with Crippen LogP contribution in [0.2, 0.25) is 0 Å². The maximum Gasteiger partial charge on any atom is 0.0646 e. The number of hydrogen-bond donors (Lipinski definition) is 2. The minimum atomic E-state index is -0.715. The van der Waals surface area contributed by atoms with Crippen LogP contribution in [-0.4, -0.2) is 22.9 Å². The molecule has 1 radical (unpaired) electrons. The lowest BCUT2D eigenvalue weighted by atomic mass is 11.7. The number of rotatable bonds is 2. The molecule has 0 aromatic carbocycles. The summed E-state index contributed by atoms with van der Waals surface area (Å²) in [5, 5.41) is 16.3. The first-order chi connectivity index (χ1) is 2.81.